The Labute approximate surface area is 91.2 Å². The Morgan fingerprint density at radius 1 is 1.40 bits per heavy atom. The largest absolute Gasteiger partial charge is 0.364 e. The van der Waals surface area contributed by atoms with Crippen molar-refractivity contribution >= 4 is 17.2 Å². The lowest BCUT2D eigenvalue weighted by molar-refractivity contribution is 1.09. The molecule has 2 aromatic heterocycles. The summed E-state index contributed by atoms with van der Waals surface area (Å²) in [6, 6.07) is 5.98. The molecule has 15 heavy (non-hydrogen) atoms. The molecule has 0 aliphatic rings. The molecular weight excluding hydrogens is 208 g/mol. The fourth-order valence-electron chi connectivity index (χ4n) is 1.07. The van der Waals surface area contributed by atoms with Crippen LogP contribution in [0.3, 0.4) is 0 Å². The average Bonchev–Trinajstić information content (AvgIpc) is 2.80. The molecule has 0 spiro atoms. The van der Waals surface area contributed by atoms with Gasteiger partial charge in [0.25, 0.3) is 0 Å². The van der Waals surface area contributed by atoms with Crippen molar-refractivity contribution in [1.29, 1.82) is 5.26 Å². The van der Waals surface area contributed by atoms with Gasteiger partial charge in [0, 0.05) is 4.88 Å². The molecule has 5 heteroatoms. The Bertz CT molecular complexity index is 455. The van der Waals surface area contributed by atoms with Crippen LogP contribution in [0.25, 0.3) is 0 Å². The van der Waals surface area contributed by atoms with E-state index in [0.717, 1.165) is 6.54 Å². The SMILES string of the molecule is N#Cc1cnc(NCc2cccs2)cn1. The summed E-state index contributed by atoms with van der Waals surface area (Å²) in [5.74, 6) is 0.683. The van der Waals surface area contributed by atoms with E-state index in [1.807, 2.05) is 17.5 Å². The van der Waals surface area contributed by atoms with Gasteiger partial charge in [0.1, 0.15) is 11.9 Å². The quantitative estimate of drug-likeness (QED) is 0.852. The summed E-state index contributed by atoms with van der Waals surface area (Å²) in [6.45, 7) is 0.734. The second-order valence-corrected chi connectivity index (χ2v) is 3.86. The number of hydrogen-bond donors (Lipinski definition) is 1. The van der Waals surface area contributed by atoms with Gasteiger partial charge in [-0.25, -0.2) is 9.97 Å². The summed E-state index contributed by atoms with van der Waals surface area (Å²) in [4.78, 5) is 9.21. The number of nitriles is 1. The monoisotopic (exact) mass is 216 g/mol. The summed E-state index contributed by atoms with van der Waals surface area (Å²) in [6.07, 6.45) is 3.02. The van der Waals surface area contributed by atoms with E-state index in [9.17, 15) is 0 Å². The molecule has 0 bridgehead atoms. The van der Waals surface area contributed by atoms with Crippen LogP contribution in [0.4, 0.5) is 5.82 Å². The molecule has 0 aromatic carbocycles. The van der Waals surface area contributed by atoms with Crippen LogP contribution in [0.2, 0.25) is 0 Å². The molecule has 0 radical (unpaired) electrons. The minimum absolute atomic E-state index is 0.330. The van der Waals surface area contributed by atoms with Crippen molar-refractivity contribution in [3.8, 4) is 6.07 Å². The Kier molecular flexibility index (Phi) is 2.90. The third-order valence-electron chi connectivity index (χ3n) is 1.79. The first-order chi connectivity index (χ1) is 7.38. The van der Waals surface area contributed by atoms with Crippen molar-refractivity contribution in [2.24, 2.45) is 0 Å². The minimum atomic E-state index is 0.330. The molecule has 0 saturated carbocycles. The zero-order valence-electron chi connectivity index (χ0n) is 7.84. The van der Waals surface area contributed by atoms with Gasteiger partial charge in [-0.2, -0.15) is 5.26 Å². The van der Waals surface area contributed by atoms with E-state index in [4.69, 9.17) is 5.26 Å². The third kappa shape index (κ3) is 2.51. The van der Waals surface area contributed by atoms with Gasteiger partial charge < -0.3 is 5.32 Å². The van der Waals surface area contributed by atoms with Crippen molar-refractivity contribution in [1.82, 2.24) is 9.97 Å². The van der Waals surface area contributed by atoms with Crippen molar-refractivity contribution in [3.05, 3.63) is 40.5 Å². The maximum atomic E-state index is 8.54. The van der Waals surface area contributed by atoms with Gasteiger partial charge >= 0.3 is 0 Å². The Morgan fingerprint density at radius 3 is 2.93 bits per heavy atom. The number of nitrogens with one attached hydrogen (secondary N) is 1. The van der Waals surface area contributed by atoms with Crippen LogP contribution in [0.15, 0.2) is 29.9 Å². The van der Waals surface area contributed by atoms with Crippen molar-refractivity contribution in [3.63, 3.8) is 0 Å². The van der Waals surface area contributed by atoms with E-state index >= 15 is 0 Å². The smallest absolute Gasteiger partial charge is 0.158 e. The minimum Gasteiger partial charge on any atom is -0.364 e. The van der Waals surface area contributed by atoms with E-state index in [1.165, 1.54) is 11.1 Å². The maximum Gasteiger partial charge on any atom is 0.158 e. The van der Waals surface area contributed by atoms with E-state index in [0.29, 0.717) is 11.5 Å². The second-order valence-electron chi connectivity index (χ2n) is 2.83. The fourth-order valence-corrected chi connectivity index (χ4v) is 1.71. The predicted molar refractivity (Wildman–Crippen MR) is 58.4 cm³/mol. The highest BCUT2D eigenvalue weighted by Crippen LogP contribution is 2.10. The molecule has 0 atom stereocenters. The lowest BCUT2D eigenvalue weighted by Crippen LogP contribution is -2.00. The Morgan fingerprint density at radius 2 is 2.33 bits per heavy atom. The zero-order chi connectivity index (χ0) is 10.5. The molecule has 0 saturated heterocycles. The zero-order valence-corrected chi connectivity index (χ0v) is 8.66. The molecule has 0 fully saturated rings. The predicted octanol–water partition coefficient (Wildman–Crippen LogP) is 2.02. The molecule has 74 valence electrons. The van der Waals surface area contributed by atoms with Crippen molar-refractivity contribution < 1.29 is 0 Å². The lowest BCUT2D eigenvalue weighted by Gasteiger charge is -2.02. The molecular formula is C10H8N4S. The van der Waals surface area contributed by atoms with Gasteiger partial charge in [-0.05, 0) is 11.4 Å². The maximum absolute atomic E-state index is 8.54. The first-order valence-corrected chi connectivity index (χ1v) is 5.25. The first kappa shape index (κ1) is 9.62. The highest BCUT2D eigenvalue weighted by atomic mass is 32.1. The van der Waals surface area contributed by atoms with Crippen LogP contribution in [0.1, 0.15) is 10.6 Å². The molecule has 2 aromatic rings. The van der Waals surface area contributed by atoms with Gasteiger partial charge in [0.2, 0.25) is 0 Å². The number of nitrogens with zero attached hydrogens (tertiary/aromatic N) is 3. The summed E-state index contributed by atoms with van der Waals surface area (Å²) in [7, 11) is 0. The summed E-state index contributed by atoms with van der Waals surface area (Å²) < 4.78 is 0. The van der Waals surface area contributed by atoms with Crippen LogP contribution >= 0.6 is 11.3 Å². The first-order valence-electron chi connectivity index (χ1n) is 4.37. The number of hydrogen-bond acceptors (Lipinski definition) is 5. The van der Waals surface area contributed by atoms with Crippen molar-refractivity contribution in [2.75, 3.05) is 5.32 Å². The number of aromatic nitrogens is 2. The van der Waals surface area contributed by atoms with Crippen LogP contribution in [-0.2, 0) is 6.54 Å². The Hall–Kier alpha value is -1.93. The highest BCUT2D eigenvalue weighted by molar-refractivity contribution is 7.09. The highest BCUT2D eigenvalue weighted by Gasteiger charge is 1.97. The molecule has 0 aliphatic heterocycles. The molecule has 0 aliphatic carbocycles. The van der Waals surface area contributed by atoms with Crippen LogP contribution in [0, 0.1) is 11.3 Å². The molecule has 1 N–H and O–H groups in total. The van der Waals surface area contributed by atoms with E-state index in [1.54, 1.807) is 17.5 Å². The summed E-state index contributed by atoms with van der Waals surface area (Å²) in [5, 5.41) is 13.7. The lowest BCUT2D eigenvalue weighted by atomic mass is 10.4. The Balaban J connectivity index is 1.97. The standard InChI is InChI=1S/C10H8N4S/c11-4-8-5-13-10(7-12-8)14-6-9-2-1-3-15-9/h1-3,5,7H,6H2,(H,13,14). The molecule has 4 nitrogen and oxygen atoms in total. The average molecular weight is 216 g/mol. The van der Waals surface area contributed by atoms with Crippen LogP contribution in [-0.4, -0.2) is 9.97 Å². The molecule has 0 amide bonds. The fraction of sp³-hybridized carbons (Fsp3) is 0.100. The van der Waals surface area contributed by atoms with Gasteiger partial charge in [-0.1, -0.05) is 6.07 Å². The van der Waals surface area contributed by atoms with E-state index in [-0.39, 0.29) is 0 Å². The van der Waals surface area contributed by atoms with Gasteiger partial charge in [0.05, 0.1) is 18.9 Å². The van der Waals surface area contributed by atoms with Crippen LogP contribution < -0.4 is 5.32 Å². The third-order valence-corrected chi connectivity index (χ3v) is 2.67. The van der Waals surface area contributed by atoms with Crippen molar-refractivity contribution in [2.45, 2.75) is 6.54 Å². The molecule has 2 heterocycles. The summed E-state index contributed by atoms with van der Waals surface area (Å²) >= 11 is 1.69. The van der Waals surface area contributed by atoms with Crippen LogP contribution in [0.5, 0.6) is 0 Å². The number of anilines is 1. The van der Waals surface area contributed by atoms with E-state index in [2.05, 4.69) is 21.4 Å². The van der Waals surface area contributed by atoms with Gasteiger partial charge in [-0.15, -0.1) is 11.3 Å². The molecule has 0 unspecified atom stereocenters. The van der Waals surface area contributed by atoms with Gasteiger partial charge in [0.15, 0.2) is 5.69 Å². The van der Waals surface area contributed by atoms with Gasteiger partial charge in [-0.3, -0.25) is 0 Å². The van der Waals surface area contributed by atoms with E-state index < -0.39 is 0 Å². The summed E-state index contributed by atoms with van der Waals surface area (Å²) in [5.41, 5.74) is 0.330. The second kappa shape index (κ2) is 4.53. The number of thiophene rings is 1. The topological polar surface area (TPSA) is 61.6 Å². The number of rotatable bonds is 3. The molecule has 2 rings (SSSR count). The normalized spacial score (nSPS) is 9.53.